The lowest BCUT2D eigenvalue weighted by molar-refractivity contribution is -0.136. The predicted octanol–water partition coefficient (Wildman–Crippen LogP) is 4.82. The van der Waals surface area contributed by atoms with Gasteiger partial charge in [0, 0.05) is 44.6 Å². The standard InChI is InChI=1S/C32H42N4O2/c1-25(37)36-18-6-5-10-31(36)32(24-34(2)23-27-8-3-4-9-30(27)32)28-15-19-35(20-16-28)17-7-21-38-29-13-11-26(22-33)12-14-29/h3-4,8-9,11-14,28,31H,5-7,10,15-21,23-24H2,1-2H3. The number of hydrogen-bond acceptors (Lipinski definition) is 5. The number of carbonyl (C=O) groups is 1. The second-order valence-corrected chi connectivity index (χ2v) is 11.5. The maximum atomic E-state index is 12.9. The zero-order valence-electron chi connectivity index (χ0n) is 23.1. The number of fused-ring (bicyclic) bond motifs is 1. The van der Waals surface area contributed by atoms with Crippen LogP contribution in [0.3, 0.4) is 0 Å². The van der Waals surface area contributed by atoms with Gasteiger partial charge in [-0.15, -0.1) is 0 Å². The van der Waals surface area contributed by atoms with Crippen LogP contribution in [0, 0.1) is 17.2 Å². The van der Waals surface area contributed by atoms with E-state index >= 15 is 0 Å². The number of benzene rings is 2. The second-order valence-electron chi connectivity index (χ2n) is 11.5. The van der Waals surface area contributed by atoms with E-state index in [-0.39, 0.29) is 17.4 Å². The van der Waals surface area contributed by atoms with Crippen LogP contribution in [0.1, 0.15) is 62.1 Å². The van der Waals surface area contributed by atoms with Crippen LogP contribution in [0.4, 0.5) is 0 Å². The minimum absolute atomic E-state index is 0.0134. The molecule has 1 amide bonds. The molecule has 6 heteroatoms. The molecule has 3 heterocycles. The van der Waals surface area contributed by atoms with Crippen LogP contribution in [0.25, 0.3) is 0 Å². The van der Waals surface area contributed by atoms with Crippen LogP contribution < -0.4 is 4.74 Å². The lowest BCUT2D eigenvalue weighted by Gasteiger charge is -2.57. The molecule has 0 aromatic heterocycles. The number of nitriles is 1. The van der Waals surface area contributed by atoms with Crippen LogP contribution >= 0.6 is 0 Å². The fourth-order valence-corrected chi connectivity index (χ4v) is 7.52. The van der Waals surface area contributed by atoms with E-state index in [0.717, 1.165) is 64.3 Å². The molecule has 6 nitrogen and oxygen atoms in total. The summed E-state index contributed by atoms with van der Waals surface area (Å²) in [7, 11) is 2.26. The molecule has 3 aliphatic rings. The Morgan fingerprint density at radius 2 is 1.82 bits per heavy atom. The predicted molar refractivity (Wildman–Crippen MR) is 150 cm³/mol. The van der Waals surface area contributed by atoms with Gasteiger partial charge in [-0.25, -0.2) is 0 Å². The van der Waals surface area contributed by atoms with Crippen molar-refractivity contribution in [2.24, 2.45) is 5.92 Å². The summed E-state index contributed by atoms with van der Waals surface area (Å²) in [5.41, 5.74) is 3.59. The summed E-state index contributed by atoms with van der Waals surface area (Å²) in [4.78, 5) is 20.2. The third-order valence-corrected chi connectivity index (χ3v) is 9.18. The van der Waals surface area contributed by atoms with Crippen LogP contribution in [0.15, 0.2) is 48.5 Å². The fourth-order valence-electron chi connectivity index (χ4n) is 7.52. The Hall–Kier alpha value is -2.88. The van der Waals surface area contributed by atoms with Gasteiger partial charge in [0.2, 0.25) is 5.91 Å². The van der Waals surface area contributed by atoms with E-state index in [1.807, 2.05) is 12.1 Å². The van der Waals surface area contributed by atoms with Crippen LogP contribution in [0.2, 0.25) is 0 Å². The molecule has 2 aromatic rings. The molecular formula is C32H42N4O2. The molecular weight excluding hydrogens is 472 g/mol. The molecule has 2 unspecified atom stereocenters. The van der Waals surface area contributed by atoms with Gasteiger partial charge in [-0.05, 0) is 100.0 Å². The molecule has 202 valence electrons. The highest BCUT2D eigenvalue weighted by molar-refractivity contribution is 5.74. The summed E-state index contributed by atoms with van der Waals surface area (Å²) < 4.78 is 5.91. The van der Waals surface area contributed by atoms with E-state index in [0.29, 0.717) is 18.1 Å². The van der Waals surface area contributed by atoms with E-state index in [9.17, 15) is 4.79 Å². The van der Waals surface area contributed by atoms with Crippen LogP contribution in [0.5, 0.6) is 5.75 Å². The van der Waals surface area contributed by atoms with Gasteiger partial charge in [0.15, 0.2) is 0 Å². The molecule has 2 atom stereocenters. The van der Waals surface area contributed by atoms with Gasteiger partial charge in [0.25, 0.3) is 0 Å². The van der Waals surface area contributed by atoms with Crippen molar-refractivity contribution in [1.29, 1.82) is 5.26 Å². The zero-order chi connectivity index (χ0) is 26.5. The summed E-state index contributed by atoms with van der Waals surface area (Å²) in [6.07, 6.45) is 6.76. The highest BCUT2D eigenvalue weighted by atomic mass is 16.5. The molecule has 0 radical (unpaired) electrons. The number of piperidine rings is 2. The van der Waals surface area contributed by atoms with Crippen molar-refractivity contribution in [3.05, 3.63) is 65.2 Å². The maximum absolute atomic E-state index is 12.9. The van der Waals surface area contributed by atoms with Crippen molar-refractivity contribution in [2.45, 2.75) is 63.5 Å². The number of ether oxygens (including phenoxy) is 1. The first-order valence-electron chi connectivity index (χ1n) is 14.4. The van der Waals surface area contributed by atoms with Crippen LogP contribution in [-0.4, -0.2) is 73.0 Å². The van der Waals surface area contributed by atoms with Crippen molar-refractivity contribution < 1.29 is 9.53 Å². The number of carbonyl (C=O) groups excluding carboxylic acids is 1. The quantitative estimate of drug-likeness (QED) is 0.496. The minimum Gasteiger partial charge on any atom is -0.494 e. The number of nitrogens with zero attached hydrogens (tertiary/aromatic N) is 4. The summed E-state index contributed by atoms with van der Waals surface area (Å²) >= 11 is 0. The Morgan fingerprint density at radius 3 is 2.55 bits per heavy atom. The molecule has 0 saturated carbocycles. The van der Waals surface area contributed by atoms with E-state index in [1.165, 1.54) is 30.4 Å². The lowest BCUT2D eigenvalue weighted by Crippen LogP contribution is -2.64. The number of likely N-dealkylation sites (N-methyl/N-ethyl adjacent to an activating group) is 1. The Bertz CT molecular complexity index is 1130. The summed E-state index contributed by atoms with van der Waals surface area (Å²) in [5.74, 6) is 1.62. The van der Waals surface area contributed by atoms with Gasteiger partial charge in [0.05, 0.1) is 18.2 Å². The third-order valence-electron chi connectivity index (χ3n) is 9.18. The number of rotatable bonds is 7. The Labute approximate surface area is 228 Å². The molecule has 2 aromatic carbocycles. The number of amides is 1. The van der Waals surface area contributed by atoms with Gasteiger partial charge >= 0.3 is 0 Å². The maximum Gasteiger partial charge on any atom is 0.219 e. The molecule has 2 saturated heterocycles. The van der Waals surface area contributed by atoms with E-state index in [4.69, 9.17) is 10.00 Å². The molecule has 0 aliphatic carbocycles. The summed E-state index contributed by atoms with van der Waals surface area (Å²) in [6.45, 7) is 8.60. The zero-order valence-corrected chi connectivity index (χ0v) is 23.1. The highest BCUT2D eigenvalue weighted by Gasteiger charge is 2.53. The van der Waals surface area contributed by atoms with Crippen molar-refractivity contribution in [1.82, 2.24) is 14.7 Å². The van der Waals surface area contributed by atoms with Gasteiger partial charge in [-0.1, -0.05) is 24.3 Å². The Balaban J connectivity index is 1.27. The van der Waals surface area contributed by atoms with E-state index in [2.05, 4.69) is 52.1 Å². The highest BCUT2D eigenvalue weighted by Crippen LogP contribution is 2.49. The second kappa shape index (κ2) is 11.9. The largest absolute Gasteiger partial charge is 0.494 e. The van der Waals surface area contributed by atoms with E-state index < -0.39 is 0 Å². The molecule has 2 fully saturated rings. The SMILES string of the molecule is CC(=O)N1CCCCC1C1(C2CCN(CCCOc3ccc(C#N)cc3)CC2)CN(C)Cc2ccccc21. The van der Waals surface area contributed by atoms with Gasteiger partial charge in [0.1, 0.15) is 5.75 Å². The molecule has 3 aliphatic heterocycles. The molecule has 0 N–H and O–H groups in total. The molecule has 5 rings (SSSR count). The third kappa shape index (κ3) is 5.46. The first kappa shape index (κ1) is 26.7. The normalized spacial score (nSPS) is 25.0. The van der Waals surface area contributed by atoms with Crippen LogP contribution in [-0.2, 0) is 16.8 Å². The van der Waals surface area contributed by atoms with Crippen molar-refractivity contribution in [2.75, 3.05) is 46.4 Å². The monoisotopic (exact) mass is 514 g/mol. The lowest BCUT2D eigenvalue weighted by atomic mass is 9.58. The Kier molecular flexibility index (Phi) is 8.35. The first-order valence-corrected chi connectivity index (χ1v) is 14.4. The van der Waals surface area contributed by atoms with Crippen molar-refractivity contribution in [3.63, 3.8) is 0 Å². The minimum atomic E-state index is -0.0134. The first-order chi connectivity index (χ1) is 18.5. The molecule has 38 heavy (non-hydrogen) atoms. The number of hydrogen-bond donors (Lipinski definition) is 0. The molecule has 0 spiro atoms. The van der Waals surface area contributed by atoms with Gasteiger partial charge < -0.3 is 19.4 Å². The van der Waals surface area contributed by atoms with Crippen molar-refractivity contribution in [3.8, 4) is 11.8 Å². The number of likely N-dealkylation sites (tertiary alicyclic amines) is 2. The average molecular weight is 515 g/mol. The van der Waals surface area contributed by atoms with Crippen molar-refractivity contribution >= 4 is 5.91 Å². The van der Waals surface area contributed by atoms with E-state index in [1.54, 1.807) is 19.1 Å². The summed E-state index contributed by atoms with van der Waals surface area (Å²) in [5, 5.41) is 8.96. The summed E-state index contributed by atoms with van der Waals surface area (Å²) in [6, 6.07) is 18.8. The molecule has 0 bridgehead atoms. The topological polar surface area (TPSA) is 59.8 Å². The fraction of sp³-hybridized carbons (Fsp3) is 0.562. The average Bonchev–Trinajstić information content (AvgIpc) is 2.95. The Morgan fingerprint density at radius 1 is 1.05 bits per heavy atom. The smallest absolute Gasteiger partial charge is 0.219 e. The van der Waals surface area contributed by atoms with Gasteiger partial charge in [-0.2, -0.15) is 5.26 Å². The van der Waals surface area contributed by atoms with Gasteiger partial charge in [-0.3, -0.25) is 4.79 Å².